The summed E-state index contributed by atoms with van der Waals surface area (Å²) in [7, 11) is 1.65. The van der Waals surface area contributed by atoms with E-state index in [1.165, 1.54) is 6.42 Å². The van der Waals surface area contributed by atoms with Crippen LogP contribution in [-0.2, 0) is 11.3 Å². The van der Waals surface area contributed by atoms with E-state index in [9.17, 15) is 4.79 Å². The SMILES string of the molecule is COc1cccc(CNC(=O)CN2CCC3NCCC3C2)c1.Cl. The molecule has 2 heterocycles. The molecule has 0 aromatic heterocycles. The summed E-state index contributed by atoms with van der Waals surface area (Å²) < 4.78 is 5.20. The van der Waals surface area contributed by atoms with Gasteiger partial charge in [0.05, 0.1) is 13.7 Å². The first-order chi connectivity index (χ1) is 10.7. The molecule has 2 unspecified atom stereocenters. The standard InChI is InChI=1S/C17H25N3O2.ClH/c1-22-15-4-2-3-13(9-15)10-19-17(21)12-20-8-6-16-14(11-20)5-7-18-16;/h2-4,9,14,16,18H,5-8,10-12H2,1H3,(H,19,21);1H. The largest absolute Gasteiger partial charge is 0.497 e. The quantitative estimate of drug-likeness (QED) is 0.852. The fourth-order valence-corrected chi connectivity index (χ4v) is 3.51. The molecular weight excluding hydrogens is 314 g/mol. The zero-order valence-electron chi connectivity index (χ0n) is 13.6. The second-order valence-corrected chi connectivity index (χ2v) is 6.26. The molecule has 3 rings (SSSR count). The van der Waals surface area contributed by atoms with E-state index in [1.54, 1.807) is 7.11 Å². The van der Waals surface area contributed by atoms with Crippen LogP contribution in [0, 0.1) is 5.92 Å². The van der Waals surface area contributed by atoms with Gasteiger partial charge in [0.1, 0.15) is 5.75 Å². The van der Waals surface area contributed by atoms with Gasteiger partial charge < -0.3 is 15.4 Å². The van der Waals surface area contributed by atoms with Crippen molar-refractivity contribution in [1.29, 1.82) is 0 Å². The van der Waals surface area contributed by atoms with Crippen LogP contribution < -0.4 is 15.4 Å². The maximum absolute atomic E-state index is 12.1. The van der Waals surface area contributed by atoms with Gasteiger partial charge in [0.2, 0.25) is 5.91 Å². The van der Waals surface area contributed by atoms with Crippen LogP contribution in [0.25, 0.3) is 0 Å². The number of likely N-dealkylation sites (tertiary alicyclic amines) is 1. The molecule has 1 amide bonds. The number of halogens is 1. The minimum Gasteiger partial charge on any atom is -0.497 e. The number of hydrogen-bond donors (Lipinski definition) is 2. The van der Waals surface area contributed by atoms with E-state index >= 15 is 0 Å². The summed E-state index contributed by atoms with van der Waals surface area (Å²) in [4.78, 5) is 14.4. The average Bonchev–Trinajstić information content (AvgIpc) is 3.01. The molecule has 1 aromatic rings. The zero-order chi connectivity index (χ0) is 15.4. The van der Waals surface area contributed by atoms with Crippen LogP contribution in [0.1, 0.15) is 18.4 Å². The van der Waals surface area contributed by atoms with Crippen LogP contribution in [0.5, 0.6) is 5.75 Å². The Morgan fingerprint density at radius 3 is 3.13 bits per heavy atom. The van der Waals surface area contributed by atoms with Crippen molar-refractivity contribution in [2.75, 3.05) is 33.3 Å². The van der Waals surface area contributed by atoms with Crippen LogP contribution in [0.2, 0.25) is 0 Å². The third-order valence-electron chi connectivity index (χ3n) is 4.73. The molecule has 6 heteroatoms. The Balaban J connectivity index is 0.00000192. The molecular formula is C17H26ClN3O2. The van der Waals surface area contributed by atoms with E-state index < -0.39 is 0 Å². The summed E-state index contributed by atoms with van der Waals surface area (Å²) in [5.41, 5.74) is 1.06. The van der Waals surface area contributed by atoms with Gasteiger partial charge in [0.25, 0.3) is 0 Å². The lowest BCUT2D eigenvalue weighted by Crippen LogP contribution is -2.47. The maximum Gasteiger partial charge on any atom is 0.234 e. The molecule has 2 atom stereocenters. The summed E-state index contributed by atoms with van der Waals surface area (Å²) >= 11 is 0. The molecule has 1 aromatic carbocycles. The monoisotopic (exact) mass is 339 g/mol. The highest BCUT2D eigenvalue weighted by Gasteiger charge is 2.32. The number of amides is 1. The van der Waals surface area contributed by atoms with Crippen molar-refractivity contribution in [3.8, 4) is 5.75 Å². The van der Waals surface area contributed by atoms with E-state index in [-0.39, 0.29) is 18.3 Å². The molecule has 0 saturated carbocycles. The minimum atomic E-state index is 0. The van der Waals surface area contributed by atoms with Gasteiger partial charge >= 0.3 is 0 Å². The summed E-state index contributed by atoms with van der Waals surface area (Å²) in [5.74, 6) is 1.65. The van der Waals surface area contributed by atoms with Gasteiger partial charge in [-0.15, -0.1) is 12.4 Å². The summed E-state index contributed by atoms with van der Waals surface area (Å²) in [6.07, 6.45) is 2.40. The van der Waals surface area contributed by atoms with E-state index in [4.69, 9.17) is 4.74 Å². The van der Waals surface area contributed by atoms with Crippen molar-refractivity contribution >= 4 is 18.3 Å². The molecule has 2 aliphatic rings. The van der Waals surface area contributed by atoms with Crippen molar-refractivity contribution in [3.05, 3.63) is 29.8 Å². The molecule has 0 spiro atoms. The number of methoxy groups -OCH3 is 1. The Morgan fingerprint density at radius 2 is 2.30 bits per heavy atom. The summed E-state index contributed by atoms with van der Waals surface area (Å²) in [6, 6.07) is 8.48. The third kappa shape index (κ3) is 4.83. The fraction of sp³-hybridized carbons (Fsp3) is 0.588. The second-order valence-electron chi connectivity index (χ2n) is 6.26. The minimum absolute atomic E-state index is 0. The summed E-state index contributed by atoms with van der Waals surface area (Å²) in [6.45, 7) is 4.25. The van der Waals surface area contributed by atoms with Crippen molar-refractivity contribution in [3.63, 3.8) is 0 Å². The lowest BCUT2D eigenvalue weighted by molar-refractivity contribution is -0.122. The number of nitrogens with zero attached hydrogens (tertiary/aromatic N) is 1. The highest BCUT2D eigenvalue weighted by atomic mass is 35.5. The zero-order valence-corrected chi connectivity index (χ0v) is 14.4. The van der Waals surface area contributed by atoms with Gasteiger partial charge in [-0.1, -0.05) is 12.1 Å². The number of carbonyl (C=O) groups is 1. The predicted octanol–water partition coefficient (Wildman–Crippen LogP) is 1.42. The van der Waals surface area contributed by atoms with E-state index in [1.807, 2.05) is 24.3 Å². The Bertz CT molecular complexity index is 526. The van der Waals surface area contributed by atoms with Crippen molar-refractivity contribution in [1.82, 2.24) is 15.5 Å². The number of rotatable bonds is 5. The van der Waals surface area contributed by atoms with Crippen LogP contribution in [-0.4, -0.2) is 50.1 Å². The lowest BCUT2D eigenvalue weighted by atomic mass is 9.93. The van der Waals surface area contributed by atoms with Crippen LogP contribution in [0.4, 0.5) is 0 Å². The molecule has 5 nitrogen and oxygen atoms in total. The number of ether oxygens (including phenoxy) is 1. The van der Waals surface area contributed by atoms with Crippen LogP contribution in [0.15, 0.2) is 24.3 Å². The Kier molecular flexibility index (Phi) is 6.69. The number of benzene rings is 1. The smallest absolute Gasteiger partial charge is 0.234 e. The number of fused-ring (bicyclic) bond motifs is 1. The average molecular weight is 340 g/mol. The molecule has 23 heavy (non-hydrogen) atoms. The van der Waals surface area contributed by atoms with Gasteiger partial charge in [-0.25, -0.2) is 0 Å². The Hall–Kier alpha value is -1.30. The van der Waals surface area contributed by atoms with Crippen molar-refractivity contribution in [2.24, 2.45) is 5.92 Å². The molecule has 2 fully saturated rings. The normalized spacial score (nSPS) is 23.7. The highest BCUT2D eigenvalue weighted by Crippen LogP contribution is 2.24. The molecule has 2 N–H and O–H groups in total. The highest BCUT2D eigenvalue weighted by molar-refractivity contribution is 5.85. The number of nitrogens with one attached hydrogen (secondary N) is 2. The predicted molar refractivity (Wildman–Crippen MR) is 93.0 cm³/mol. The van der Waals surface area contributed by atoms with E-state index in [0.29, 0.717) is 19.1 Å². The Morgan fingerprint density at radius 1 is 1.43 bits per heavy atom. The van der Waals surface area contributed by atoms with E-state index in [2.05, 4.69) is 15.5 Å². The van der Waals surface area contributed by atoms with Crippen molar-refractivity contribution in [2.45, 2.75) is 25.4 Å². The molecule has 0 aliphatic carbocycles. The van der Waals surface area contributed by atoms with Gasteiger partial charge in [-0.3, -0.25) is 9.69 Å². The number of carbonyl (C=O) groups excluding carboxylic acids is 1. The number of hydrogen-bond acceptors (Lipinski definition) is 4. The van der Waals surface area contributed by atoms with Crippen LogP contribution >= 0.6 is 12.4 Å². The van der Waals surface area contributed by atoms with Gasteiger partial charge in [-0.05, 0) is 43.0 Å². The van der Waals surface area contributed by atoms with Gasteiger partial charge in [0.15, 0.2) is 0 Å². The second kappa shape index (κ2) is 8.52. The Labute approximate surface area is 144 Å². The molecule has 2 aliphatic heterocycles. The topological polar surface area (TPSA) is 53.6 Å². The summed E-state index contributed by atoms with van der Waals surface area (Å²) in [5, 5.41) is 6.56. The molecule has 0 radical (unpaired) electrons. The van der Waals surface area contributed by atoms with Gasteiger partial charge in [0, 0.05) is 25.7 Å². The maximum atomic E-state index is 12.1. The van der Waals surface area contributed by atoms with Crippen LogP contribution in [0.3, 0.4) is 0 Å². The van der Waals surface area contributed by atoms with E-state index in [0.717, 1.165) is 43.3 Å². The van der Waals surface area contributed by atoms with Gasteiger partial charge in [-0.2, -0.15) is 0 Å². The first-order valence-corrected chi connectivity index (χ1v) is 8.10. The first-order valence-electron chi connectivity index (χ1n) is 8.10. The fourth-order valence-electron chi connectivity index (χ4n) is 3.51. The first kappa shape index (κ1) is 18.0. The van der Waals surface area contributed by atoms with Crippen molar-refractivity contribution < 1.29 is 9.53 Å². The molecule has 0 bridgehead atoms. The third-order valence-corrected chi connectivity index (χ3v) is 4.73. The number of piperidine rings is 1. The lowest BCUT2D eigenvalue weighted by Gasteiger charge is -2.34. The molecule has 128 valence electrons. The molecule has 2 saturated heterocycles.